The molecular weight excluding hydrogens is 358 g/mol. The average molecular weight is 380 g/mol. The molecule has 0 spiro atoms. The van der Waals surface area contributed by atoms with Crippen LogP contribution in [0.1, 0.15) is 27.7 Å². The van der Waals surface area contributed by atoms with Gasteiger partial charge in [-0.2, -0.15) is 26.3 Å². The number of rotatable bonds is 6. The van der Waals surface area contributed by atoms with Crippen molar-refractivity contribution in [2.24, 2.45) is 0 Å². The van der Waals surface area contributed by atoms with Crippen LogP contribution in [0.3, 0.4) is 0 Å². The van der Waals surface area contributed by atoms with Gasteiger partial charge in [0.25, 0.3) is 0 Å². The Morgan fingerprint density at radius 1 is 0.846 bits per heavy atom. The first-order chi connectivity index (χ1) is 11.7. The van der Waals surface area contributed by atoms with E-state index in [0.717, 1.165) is 6.92 Å². The second-order valence-electron chi connectivity index (χ2n) is 5.52. The van der Waals surface area contributed by atoms with E-state index in [9.17, 15) is 26.3 Å². The standard InChI is InChI=1S/C19H22F6O/c1-8-16(18(20,21)22)10-17(19(23,24)25)15(6)14(5)13(4)11(2)9-12(3)26-7/h8-10H,3,6H2,1-2,4-5,7H3/b11-9+,14-13-,16-8+,17-10+. The highest BCUT2D eigenvalue weighted by atomic mass is 19.4. The molecule has 0 aliphatic carbocycles. The molecule has 0 aliphatic heterocycles. The van der Waals surface area contributed by atoms with E-state index in [1.165, 1.54) is 20.1 Å². The van der Waals surface area contributed by atoms with Crippen molar-refractivity contribution < 1.29 is 31.1 Å². The molecule has 0 bridgehead atoms. The fourth-order valence-corrected chi connectivity index (χ4v) is 1.96. The van der Waals surface area contributed by atoms with Crippen molar-refractivity contribution in [1.82, 2.24) is 0 Å². The van der Waals surface area contributed by atoms with Crippen LogP contribution in [0.2, 0.25) is 0 Å². The first-order valence-corrected chi connectivity index (χ1v) is 7.47. The quantitative estimate of drug-likeness (QED) is 0.274. The zero-order chi connectivity index (χ0) is 20.9. The Kier molecular flexibility index (Phi) is 8.21. The number of allylic oxidation sites excluding steroid dienone is 9. The number of methoxy groups -OCH3 is 1. The first-order valence-electron chi connectivity index (χ1n) is 7.47. The van der Waals surface area contributed by atoms with E-state index in [0.29, 0.717) is 23.0 Å². The molecular formula is C19H22F6O. The van der Waals surface area contributed by atoms with E-state index in [4.69, 9.17) is 4.74 Å². The van der Waals surface area contributed by atoms with Crippen molar-refractivity contribution in [2.75, 3.05) is 7.11 Å². The van der Waals surface area contributed by atoms with Gasteiger partial charge in [0, 0.05) is 0 Å². The Bertz CT molecular complexity index is 682. The Morgan fingerprint density at radius 2 is 1.35 bits per heavy atom. The van der Waals surface area contributed by atoms with Gasteiger partial charge in [0.1, 0.15) is 5.76 Å². The largest absolute Gasteiger partial charge is 0.497 e. The minimum Gasteiger partial charge on any atom is -0.497 e. The summed E-state index contributed by atoms with van der Waals surface area (Å²) in [6.07, 6.45) is -7.73. The lowest BCUT2D eigenvalue weighted by Crippen LogP contribution is -2.18. The third-order valence-corrected chi connectivity index (χ3v) is 3.82. The number of hydrogen-bond donors (Lipinski definition) is 0. The molecule has 0 saturated carbocycles. The van der Waals surface area contributed by atoms with Gasteiger partial charge in [0.05, 0.1) is 18.3 Å². The van der Waals surface area contributed by atoms with Crippen LogP contribution in [0.15, 0.2) is 70.6 Å². The normalized spacial score (nSPS) is 15.6. The van der Waals surface area contributed by atoms with Crippen LogP contribution in [0.25, 0.3) is 0 Å². The SMILES string of the molecule is C=C(/C=C(C)/C(C)=C(/C)C(=C)/C(=C\C(=C/C)C(F)(F)F)C(F)(F)F)OC. The smallest absolute Gasteiger partial charge is 0.416 e. The van der Waals surface area contributed by atoms with Gasteiger partial charge < -0.3 is 4.74 Å². The van der Waals surface area contributed by atoms with Crippen molar-refractivity contribution in [1.29, 1.82) is 0 Å². The van der Waals surface area contributed by atoms with Crippen LogP contribution < -0.4 is 0 Å². The number of halogens is 6. The van der Waals surface area contributed by atoms with Gasteiger partial charge in [-0.3, -0.25) is 0 Å². The highest BCUT2D eigenvalue weighted by Gasteiger charge is 2.39. The molecule has 26 heavy (non-hydrogen) atoms. The lowest BCUT2D eigenvalue weighted by molar-refractivity contribution is -0.0939. The monoisotopic (exact) mass is 380 g/mol. The summed E-state index contributed by atoms with van der Waals surface area (Å²) in [5, 5.41) is 0. The maximum Gasteiger partial charge on any atom is 0.416 e. The summed E-state index contributed by atoms with van der Waals surface area (Å²) in [6, 6.07) is 0. The molecule has 0 aromatic heterocycles. The molecule has 0 unspecified atom stereocenters. The van der Waals surface area contributed by atoms with Crippen LogP contribution in [0.4, 0.5) is 26.3 Å². The zero-order valence-corrected chi connectivity index (χ0v) is 15.3. The highest BCUT2D eigenvalue weighted by molar-refractivity contribution is 5.54. The minimum absolute atomic E-state index is 0.0756. The molecule has 0 rings (SSSR count). The van der Waals surface area contributed by atoms with E-state index >= 15 is 0 Å². The molecule has 146 valence electrons. The van der Waals surface area contributed by atoms with Gasteiger partial charge in [-0.1, -0.05) is 19.2 Å². The van der Waals surface area contributed by atoms with Crippen molar-refractivity contribution in [3.05, 3.63) is 70.6 Å². The summed E-state index contributed by atoms with van der Waals surface area (Å²) >= 11 is 0. The second kappa shape index (κ2) is 8.96. The molecule has 0 aromatic rings. The number of alkyl halides is 6. The predicted molar refractivity (Wildman–Crippen MR) is 91.4 cm³/mol. The Morgan fingerprint density at radius 3 is 1.69 bits per heavy atom. The van der Waals surface area contributed by atoms with E-state index in [2.05, 4.69) is 13.2 Å². The summed E-state index contributed by atoms with van der Waals surface area (Å²) < 4.78 is 83.5. The van der Waals surface area contributed by atoms with E-state index < -0.39 is 29.1 Å². The molecule has 0 aliphatic rings. The van der Waals surface area contributed by atoms with Gasteiger partial charge in [-0.15, -0.1) is 0 Å². The zero-order valence-electron chi connectivity index (χ0n) is 15.3. The Hall–Kier alpha value is -2.18. The second-order valence-corrected chi connectivity index (χ2v) is 5.52. The van der Waals surface area contributed by atoms with Crippen molar-refractivity contribution >= 4 is 0 Å². The number of hydrogen-bond acceptors (Lipinski definition) is 1. The molecule has 7 heteroatoms. The lowest BCUT2D eigenvalue weighted by Gasteiger charge is -2.19. The molecule has 1 nitrogen and oxygen atoms in total. The van der Waals surface area contributed by atoms with Crippen molar-refractivity contribution in [2.45, 2.75) is 40.0 Å². The van der Waals surface area contributed by atoms with Crippen molar-refractivity contribution in [3.63, 3.8) is 0 Å². The average Bonchev–Trinajstić information content (AvgIpc) is 2.50. The number of ether oxygens (including phenoxy) is 1. The van der Waals surface area contributed by atoms with Crippen molar-refractivity contribution in [3.8, 4) is 0 Å². The minimum atomic E-state index is -4.99. The van der Waals surface area contributed by atoms with Crippen LogP contribution in [-0.4, -0.2) is 19.5 Å². The third-order valence-electron chi connectivity index (χ3n) is 3.82. The van der Waals surface area contributed by atoms with Gasteiger partial charge in [0.2, 0.25) is 0 Å². The van der Waals surface area contributed by atoms with E-state index in [-0.39, 0.29) is 11.6 Å². The van der Waals surface area contributed by atoms with Gasteiger partial charge in [0.15, 0.2) is 0 Å². The maximum atomic E-state index is 13.3. The van der Waals surface area contributed by atoms with E-state index in [1.54, 1.807) is 13.8 Å². The lowest BCUT2D eigenvalue weighted by atomic mass is 9.92. The van der Waals surface area contributed by atoms with E-state index in [1.807, 2.05) is 0 Å². The summed E-state index contributed by atoms with van der Waals surface area (Å²) in [7, 11) is 1.39. The van der Waals surface area contributed by atoms with Gasteiger partial charge in [-0.25, -0.2) is 0 Å². The fraction of sp³-hybridized carbons (Fsp3) is 0.368. The molecule has 0 fully saturated rings. The highest BCUT2D eigenvalue weighted by Crippen LogP contribution is 2.38. The van der Waals surface area contributed by atoms with Gasteiger partial charge in [-0.05, 0) is 62.1 Å². The Labute approximate surface area is 149 Å². The molecule has 0 saturated heterocycles. The van der Waals surface area contributed by atoms with Crippen LogP contribution in [0, 0.1) is 0 Å². The molecule has 0 heterocycles. The maximum absolute atomic E-state index is 13.3. The van der Waals surface area contributed by atoms with Crippen LogP contribution in [0.5, 0.6) is 0 Å². The summed E-state index contributed by atoms with van der Waals surface area (Å²) in [4.78, 5) is 0. The predicted octanol–water partition coefficient (Wildman–Crippen LogP) is 6.98. The van der Waals surface area contributed by atoms with Gasteiger partial charge >= 0.3 is 12.4 Å². The third kappa shape index (κ3) is 6.61. The summed E-state index contributed by atoms with van der Waals surface area (Å²) in [5.74, 6) is 0.292. The summed E-state index contributed by atoms with van der Waals surface area (Å²) in [6.45, 7) is 12.5. The Balaban J connectivity index is 6.27. The first kappa shape index (κ1) is 23.8. The summed E-state index contributed by atoms with van der Waals surface area (Å²) in [5.41, 5.74) is -2.27. The fourth-order valence-electron chi connectivity index (χ4n) is 1.96. The van der Waals surface area contributed by atoms with Crippen LogP contribution in [-0.2, 0) is 4.74 Å². The molecule has 0 radical (unpaired) electrons. The molecule has 0 amide bonds. The molecule has 0 N–H and O–H groups in total. The van der Waals surface area contributed by atoms with Crippen LogP contribution >= 0.6 is 0 Å². The topological polar surface area (TPSA) is 9.23 Å². The molecule has 0 atom stereocenters. The molecule has 0 aromatic carbocycles.